The highest BCUT2D eigenvalue weighted by Crippen LogP contribution is 2.18. The first-order valence-corrected chi connectivity index (χ1v) is 4.27. The molecule has 1 aliphatic heterocycles. The molecule has 1 aliphatic rings. The lowest BCUT2D eigenvalue weighted by atomic mass is 9.99. The highest BCUT2D eigenvalue weighted by molar-refractivity contribution is 5.13. The molecule has 3 heteroatoms. The third-order valence-corrected chi connectivity index (χ3v) is 2.32. The molecule has 2 rings (SSSR count). The van der Waals surface area contributed by atoms with Gasteiger partial charge in [-0.3, -0.25) is 15.8 Å². The molecular formula is C9H13N3. The molecule has 2 atom stereocenters. The van der Waals surface area contributed by atoms with Crippen LogP contribution in [-0.2, 0) is 0 Å². The van der Waals surface area contributed by atoms with Crippen LogP contribution in [0.25, 0.3) is 0 Å². The van der Waals surface area contributed by atoms with Crippen molar-refractivity contribution in [1.82, 2.24) is 15.8 Å². The van der Waals surface area contributed by atoms with Crippen LogP contribution in [0.15, 0.2) is 24.4 Å². The van der Waals surface area contributed by atoms with Gasteiger partial charge in [-0.25, -0.2) is 0 Å². The summed E-state index contributed by atoms with van der Waals surface area (Å²) in [7, 11) is 0. The molecule has 0 bridgehead atoms. The second-order valence-corrected chi connectivity index (χ2v) is 3.18. The van der Waals surface area contributed by atoms with Crippen molar-refractivity contribution in [2.24, 2.45) is 0 Å². The number of aromatic nitrogens is 1. The van der Waals surface area contributed by atoms with Crippen LogP contribution in [0, 0.1) is 0 Å². The Labute approximate surface area is 72.2 Å². The second kappa shape index (κ2) is 3.21. The number of hydrazine groups is 1. The van der Waals surface area contributed by atoms with Crippen LogP contribution in [-0.4, -0.2) is 17.6 Å². The van der Waals surface area contributed by atoms with Gasteiger partial charge in [-0.15, -0.1) is 0 Å². The van der Waals surface area contributed by atoms with E-state index in [1.54, 1.807) is 0 Å². The molecule has 12 heavy (non-hydrogen) atoms. The van der Waals surface area contributed by atoms with Crippen LogP contribution in [0.4, 0.5) is 0 Å². The Morgan fingerprint density at radius 1 is 1.50 bits per heavy atom. The van der Waals surface area contributed by atoms with Crippen LogP contribution < -0.4 is 10.9 Å². The van der Waals surface area contributed by atoms with E-state index in [-0.39, 0.29) is 0 Å². The Bertz CT molecular complexity index is 247. The predicted octanol–water partition coefficient (Wildman–Crippen LogP) is 0.661. The summed E-state index contributed by atoms with van der Waals surface area (Å²) in [5.41, 5.74) is 7.48. The number of nitrogens with one attached hydrogen (secondary N) is 2. The average Bonchev–Trinajstić information content (AvgIpc) is 2.53. The first kappa shape index (κ1) is 7.71. The van der Waals surface area contributed by atoms with E-state index >= 15 is 0 Å². The van der Waals surface area contributed by atoms with Crippen molar-refractivity contribution in [3.05, 3.63) is 30.1 Å². The zero-order valence-electron chi connectivity index (χ0n) is 7.12. The quantitative estimate of drug-likeness (QED) is 0.638. The lowest BCUT2D eigenvalue weighted by Crippen LogP contribution is -2.28. The van der Waals surface area contributed by atoms with Crippen molar-refractivity contribution in [2.75, 3.05) is 6.54 Å². The molecule has 0 amide bonds. The SMILES string of the molecule is CC1NNCC1c1ccccn1. The largest absolute Gasteiger partial charge is 0.261 e. The molecule has 0 aromatic carbocycles. The number of hydrogen-bond donors (Lipinski definition) is 2. The van der Waals surface area contributed by atoms with Crippen molar-refractivity contribution in [3.63, 3.8) is 0 Å². The van der Waals surface area contributed by atoms with Gasteiger partial charge in [0.25, 0.3) is 0 Å². The van der Waals surface area contributed by atoms with E-state index in [0.717, 1.165) is 6.54 Å². The summed E-state index contributed by atoms with van der Waals surface area (Å²) in [6.07, 6.45) is 1.85. The van der Waals surface area contributed by atoms with Gasteiger partial charge >= 0.3 is 0 Å². The molecule has 1 fully saturated rings. The van der Waals surface area contributed by atoms with Gasteiger partial charge in [-0.1, -0.05) is 6.07 Å². The van der Waals surface area contributed by atoms with Gasteiger partial charge in [-0.2, -0.15) is 0 Å². The van der Waals surface area contributed by atoms with E-state index in [0.29, 0.717) is 12.0 Å². The highest BCUT2D eigenvalue weighted by atomic mass is 15.4. The molecule has 0 radical (unpaired) electrons. The summed E-state index contributed by atoms with van der Waals surface area (Å²) in [5.74, 6) is 0.506. The summed E-state index contributed by atoms with van der Waals surface area (Å²) in [5, 5.41) is 0. The lowest BCUT2D eigenvalue weighted by Gasteiger charge is -2.11. The van der Waals surface area contributed by atoms with Gasteiger partial charge < -0.3 is 0 Å². The molecule has 1 aromatic rings. The van der Waals surface area contributed by atoms with Crippen LogP contribution in [0.1, 0.15) is 18.5 Å². The Balaban J connectivity index is 2.19. The summed E-state index contributed by atoms with van der Waals surface area (Å²) < 4.78 is 0. The summed E-state index contributed by atoms with van der Waals surface area (Å²) in [6, 6.07) is 6.53. The normalized spacial score (nSPS) is 29.1. The Morgan fingerprint density at radius 2 is 2.42 bits per heavy atom. The second-order valence-electron chi connectivity index (χ2n) is 3.18. The minimum atomic E-state index is 0.472. The number of hydrogen-bond acceptors (Lipinski definition) is 3. The first-order valence-electron chi connectivity index (χ1n) is 4.27. The Kier molecular flexibility index (Phi) is 2.06. The molecule has 2 unspecified atom stereocenters. The van der Waals surface area contributed by atoms with Crippen molar-refractivity contribution in [3.8, 4) is 0 Å². The fourth-order valence-electron chi connectivity index (χ4n) is 1.56. The third kappa shape index (κ3) is 1.33. The summed E-state index contributed by atoms with van der Waals surface area (Å²) >= 11 is 0. The van der Waals surface area contributed by atoms with Crippen molar-refractivity contribution in [1.29, 1.82) is 0 Å². The minimum absolute atomic E-state index is 0.472. The number of nitrogens with zero attached hydrogens (tertiary/aromatic N) is 1. The van der Waals surface area contributed by atoms with Crippen LogP contribution in [0.2, 0.25) is 0 Å². The molecule has 1 saturated heterocycles. The topological polar surface area (TPSA) is 37.0 Å². The maximum Gasteiger partial charge on any atom is 0.0463 e. The van der Waals surface area contributed by atoms with E-state index in [1.165, 1.54) is 5.69 Å². The highest BCUT2D eigenvalue weighted by Gasteiger charge is 2.24. The molecule has 0 spiro atoms. The van der Waals surface area contributed by atoms with Crippen LogP contribution >= 0.6 is 0 Å². The van der Waals surface area contributed by atoms with Crippen molar-refractivity contribution < 1.29 is 0 Å². The van der Waals surface area contributed by atoms with Gasteiger partial charge in [0.05, 0.1) is 0 Å². The maximum atomic E-state index is 4.33. The first-order chi connectivity index (χ1) is 5.88. The summed E-state index contributed by atoms with van der Waals surface area (Å²) in [4.78, 5) is 4.33. The molecule has 1 aromatic heterocycles. The molecule has 3 nitrogen and oxygen atoms in total. The van der Waals surface area contributed by atoms with E-state index in [2.05, 4.69) is 28.8 Å². The number of rotatable bonds is 1. The standard InChI is InChI=1S/C9H13N3/c1-7-8(6-11-12-7)9-4-2-3-5-10-9/h2-5,7-8,11-12H,6H2,1H3. The maximum absolute atomic E-state index is 4.33. The minimum Gasteiger partial charge on any atom is -0.261 e. The molecule has 2 heterocycles. The van der Waals surface area contributed by atoms with Gasteiger partial charge in [0.1, 0.15) is 0 Å². The van der Waals surface area contributed by atoms with Crippen LogP contribution in [0.5, 0.6) is 0 Å². The van der Waals surface area contributed by atoms with Crippen LogP contribution in [0.3, 0.4) is 0 Å². The molecule has 2 N–H and O–H groups in total. The Hall–Kier alpha value is -0.930. The Morgan fingerprint density at radius 3 is 3.00 bits per heavy atom. The molecule has 0 aliphatic carbocycles. The molecular weight excluding hydrogens is 150 g/mol. The average molecular weight is 163 g/mol. The van der Waals surface area contributed by atoms with Gasteiger partial charge in [0.15, 0.2) is 0 Å². The zero-order valence-corrected chi connectivity index (χ0v) is 7.12. The predicted molar refractivity (Wildman–Crippen MR) is 47.6 cm³/mol. The number of pyridine rings is 1. The molecule has 64 valence electrons. The van der Waals surface area contributed by atoms with Crippen molar-refractivity contribution >= 4 is 0 Å². The molecule has 0 saturated carbocycles. The van der Waals surface area contributed by atoms with Gasteiger partial charge in [-0.05, 0) is 19.1 Å². The third-order valence-electron chi connectivity index (χ3n) is 2.32. The zero-order chi connectivity index (χ0) is 8.39. The monoisotopic (exact) mass is 163 g/mol. The fraction of sp³-hybridized carbons (Fsp3) is 0.444. The van der Waals surface area contributed by atoms with Gasteiger partial charge in [0.2, 0.25) is 0 Å². The summed E-state index contributed by atoms with van der Waals surface area (Å²) in [6.45, 7) is 3.14. The lowest BCUT2D eigenvalue weighted by molar-refractivity contribution is 0.564. The van der Waals surface area contributed by atoms with Crippen molar-refractivity contribution in [2.45, 2.75) is 18.9 Å². The van der Waals surface area contributed by atoms with Gasteiger partial charge in [0, 0.05) is 30.4 Å². The smallest absolute Gasteiger partial charge is 0.0463 e. The van der Waals surface area contributed by atoms with E-state index in [1.807, 2.05) is 18.3 Å². The fourth-order valence-corrected chi connectivity index (χ4v) is 1.56. The van der Waals surface area contributed by atoms with E-state index < -0.39 is 0 Å². The van der Waals surface area contributed by atoms with E-state index in [9.17, 15) is 0 Å². The van der Waals surface area contributed by atoms with E-state index in [4.69, 9.17) is 0 Å².